The van der Waals surface area contributed by atoms with Crippen molar-refractivity contribution in [2.45, 2.75) is 0 Å². The monoisotopic (exact) mass is 540 g/mol. The molecule has 0 atom stereocenters. The molecule has 0 saturated heterocycles. The number of rotatable bonds is 6. The fraction of sp³-hybridized carbons (Fsp3) is 0. The zero-order valence-corrected chi connectivity index (χ0v) is 22.6. The van der Waals surface area contributed by atoms with Crippen molar-refractivity contribution < 1.29 is 14.4 Å². The normalized spacial score (nSPS) is 11.1. The van der Waals surface area contributed by atoms with Gasteiger partial charge in [-0.2, -0.15) is 0 Å². The van der Waals surface area contributed by atoms with Crippen LogP contribution in [0, 0.1) is 0 Å². The topological polar surface area (TPSA) is 51.2 Å². The highest BCUT2D eigenvalue weighted by molar-refractivity contribution is 6.23. The minimum atomic E-state index is -0.244. The predicted molar refractivity (Wildman–Crippen MR) is 169 cm³/mol. The number of fused-ring (bicyclic) bond motifs is 3. The van der Waals surface area contributed by atoms with Gasteiger partial charge in [0.05, 0.1) is 0 Å². The highest BCUT2D eigenvalue weighted by Crippen LogP contribution is 2.28. The van der Waals surface area contributed by atoms with E-state index in [4.69, 9.17) is 0 Å². The molecule has 7 aromatic rings. The summed E-state index contributed by atoms with van der Waals surface area (Å²) >= 11 is 0. The van der Waals surface area contributed by atoms with E-state index in [1.165, 1.54) is 0 Å². The molecule has 3 nitrogen and oxygen atoms in total. The van der Waals surface area contributed by atoms with Gasteiger partial charge in [-0.1, -0.05) is 127 Å². The summed E-state index contributed by atoms with van der Waals surface area (Å²) in [6.07, 6.45) is 0. The molecule has 3 heteroatoms. The molecule has 0 unspecified atom stereocenters. The SMILES string of the molecule is O=C(c1cc(C(=O)c2cccc3ccccc23)cc(C(=O)c2cccc3ccccc23)c1)c1cccc2ccccc12. The summed E-state index contributed by atoms with van der Waals surface area (Å²) in [5.74, 6) is -0.732. The molecule has 0 amide bonds. The minimum absolute atomic E-state index is 0.244. The maximum atomic E-state index is 14.1. The molecule has 0 aliphatic carbocycles. The average molecular weight is 541 g/mol. The van der Waals surface area contributed by atoms with Crippen molar-refractivity contribution in [3.05, 3.63) is 179 Å². The largest absolute Gasteiger partial charge is 0.289 e. The highest BCUT2D eigenvalue weighted by Gasteiger charge is 2.22. The van der Waals surface area contributed by atoms with E-state index in [2.05, 4.69) is 0 Å². The van der Waals surface area contributed by atoms with Gasteiger partial charge in [0.15, 0.2) is 17.3 Å². The predicted octanol–water partition coefficient (Wildman–Crippen LogP) is 8.84. The Labute approximate surface area is 242 Å². The lowest BCUT2D eigenvalue weighted by Gasteiger charge is -2.12. The lowest BCUT2D eigenvalue weighted by Crippen LogP contribution is -2.11. The molecule has 7 rings (SSSR count). The third-order valence-electron chi connectivity index (χ3n) is 7.82. The van der Waals surface area contributed by atoms with Gasteiger partial charge in [-0.3, -0.25) is 14.4 Å². The Morgan fingerprint density at radius 1 is 0.310 bits per heavy atom. The second-order valence-electron chi connectivity index (χ2n) is 10.4. The van der Waals surface area contributed by atoms with Crippen molar-refractivity contribution in [2.75, 3.05) is 0 Å². The second kappa shape index (κ2) is 10.4. The van der Waals surface area contributed by atoms with Crippen LogP contribution in [0.1, 0.15) is 47.8 Å². The minimum Gasteiger partial charge on any atom is -0.289 e. The molecule has 7 aromatic carbocycles. The number of hydrogen-bond donors (Lipinski definition) is 0. The van der Waals surface area contributed by atoms with Gasteiger partial charge in [-0.05, 0) is 50.5 Å². The van der Waals surface area contributed by atoms with Crippen LogP contribution in [-0.2, 0) is 0 Å². The van der Waals surface area contributed by atoms with E-state index >= 15 is 0 Å². The molecule has 0 radical (unpaired) electrons. The van der Waals surface area contributed by atoms with Gasteiger partial charge in [-0.25, -0.2) is 0 Å². The summed E-state index contributed by atoms with van der Waals surface area (Å²) in [6.45, 7) is 0. The third-order valence-corrected chi connectivity index (χ3v) is 7.82. The smallest absolute Gasteiger partial charge is 0.193 e. The zero-order chi connectivity index (χ0) is 28.6. The average Bonchev–Trinajstić information content (AvgIpc) is 3.06. The molecule has 0 bridgehead atoms. The Bertz CT molecular complexity index is 1930. The number of hydrogen-bond acceptors (Lipinski definition) is 3. The van der Waals surface area contributed by atoms with Gasteiger partial charge in [-0.15, -0.1) is 0 Å². The van der Waals surface area contributed by atoms with Crippen molar-refractivity contribution in [2.24, 2.45) is 0 Å². The van der Waals surface area contributed by atoms with Gasteiger partial charge in [0.1, 0.15) is 0 Å². The van der Waals surface area contributed by atoms with E-state index in [9.17, 15) is 14.4 Å². The maximum Gasteiger partial charge on any atom is 0.193 e. The lowest BCUT2D eigenvalue weighted by atomic mass is 9.89. The molecule has 42 heavy (non-hydrogen) atoms. The van der Waals surface area contributed by atoms with Crippen LogP contribution >= 0.6 is 0 Å². The first kappa shape index (κ1) is 25.3. The fourth-order valence-electron chi connectivity index (χ4n) is 5.76. The quantitative estimate of drug-likeness (QED) is 0.198. The van der Waals surface area contributed by atoms with E-state index in [0.29, 0.717) is 33.4 Å². The van der Waals surface area contributed by atoms with Crippen LogP contribution in [0.3, 0.4) is 0 Å². The molecule has 0 saturated carbocycles. The van der Waals surface area contributed by atoms with Crippen LogP contribution in [0.5, 0.6) is 0 Å². The van der Waals surface area contributed by atoms with Crippen LogP contribution < -0.4 is 0 Å². The third kappa shape index (κ3) is 4.38. The molecule has 0 spiro atoms. The summed E-state index contributed by atoms with van der Waals surface area (Å²) in [6, 6.07) is 44.8. The zero-order valence-electron chi connectivity index (χ0n) is 22.6. The molecule has 198 valence electrons. The van der Waals surface area contributed by atoms with Crippen molar-refractivity contribution >= 4 is 49.7 Å². The Morgan fingerprint density at radius 3 is 0.881 bits per heavy atom. The fourth-order valence-corrected chi connectivity index (χ4v) is 5.76. The molecule has 0 fully saturated rings. The van der Waals surface area contributed by atoms with E-state index in [1.54, 1.807) is 36.4 Å². The van der Waals surface area contributed by atoms with Gasteiger partial charge in [0.25, 0.3) is 0 Å². The number of carbonyl (C=O) groups excluding carboxylic acids is 3. The first-order valence-corrected chi connectivity index (χ1v) is 13.8. The van der Waals surface area contributed by atoms with Crippen LogP contribution in [0.25, 0.3) is 32.3 Å². The molecular weight excluding hydrogens is 516 g/mol. The van der Waals surface area contributed by atoms with E-state index in [-0.39, 0.29) is 17.3 Å². The summed E-state index contributed by atoms with van der Waals surface area (Å²) in [5.41, 5.74) is 2.44. The van der Waals surface area contributed by atoms with Gasteiger partial charge >= 0.3 is 0 Å². The van der Waals surface area contributed by atoms with Crippen molar-refractivity contribution in [1.29, 1.82) is 0 Å². The molecule has 0 aromatic heterocycles. The Morgan fingerprint density at radius 2 is 0.571 bits per heavy atom. The number of carbonyl (C=O) groups is 3. The van der Waals surface area contributed by atoms with Gasteiger partial charge in [0.2, 0.25) is 0 Å². The molecule has 0 aliphatic heterocycles. The number of benzene rings is 7. The Hall–Kier alpha value is -5.67. The summed E-state index contributed by atoms with van der Waals surface area (Å²) in [5, 5.41) is 5.28. The Balaban J connectivity index is 1.42. The van der Waals surface area contributed by atoms with Crippen LogP contribution in [0.4, 0.5) is 0 Å². The van der Waals surface area contributed by atoms with Crippen LogP contribution in [0.2, 0.25) is 0 Å². The molecular formula is C39H24O3. The highest BCUT2D eigenvalue weighted by atomic mass is 16.1. The first-order chi connectivity index (χ1) is 20.6. The van der Waals surface area contributed by atoms with Crippen molar-refractivity contribution in [1.82, 2.24) is 0 Å². The molecule has 0 heterocycles. The Kier molecular flexibility index (Phi) is 6.26. The summed E-state index contributed by atoms with van der Waals surface area (Å²) in [4.78, 5) is 42.3. The second-order valence-corrected chi connectivity index (χ2v) is 10.4. The lowest BCUT2D eigenvalue weighted by molar-refractivity contribution is 0.103. The van der Waals surface area contributed by atoms with E-state index in [1.807, 2.05) is 109 Å². The van der Waals surface area contributed by atoms with Gasteiger partial charge in [0, 0.05) is 33.4 Å². The standard InChI is InChI=1S/C39H24O3/c40-37(34-19-7-13-25-10-1-4-16-31(25)34)28-22-29(38(41)35-20-8-14-26-11-2-5-17-32(26)35)24-30(23-28)39(42)36-21-9-15-27-12-3-6-18-33(27)36/h1-24H. The summed E-state index contributed by atoms with van der Waals surface area (Å²) < 4.78 is 0. The molecule has 0 aliphatic rings. The first-order valence-electron chi connectivity index (χ1n) is 13.8. The van der Waals surface area contributed by atoms with Gasteiger partial charge < -0.3 is 0 Å². The summed E-state index contributed by atoms with van der Waals surface area (Å²) in [7, 11) is 0. The molecule has 0 N–H and O–H groups in total. The van der Waals surface area contributed by atoms with Crippen LogP contribution in [0.15, 0.2) is 146 Å². The maximum absolute atomic E-state index is 14.1. The van der Waals surface area contributed by atoms with Crippen molar-refractivity contribution in [3.63, 3.8) is 0 Å². The van der Waals surface area contributed by atoms with Crippen LogP contribution in [-0.4, -0.2) is 17.3 Å². The number of ketones is 3. The van der Waals surface area contributed by atoms with Crippen molar-refractivity contribution in [3.8, 4) is 0 Å². The van der Waals surface area contributed by atoms with E-state index in [0.717, 1.165) is 32.3 Å². The van der Waals surface area contributed by atoms with E-state index < -0.39 is 0 Å².